The molecule has 14 heavy (non-hydrogen) atoms. The third-order valence-electron chi connectivity index (χ3n) is 0.568. The number of aliphatic imine (C=N–C) groups is 1. The standard InChI is InChI=1S/C3H6N2.C2H4O2.C2H3O2.Na/c1-2-5-3-4-1;2*1-2(3)4;/h3H,1-2H2,(H,4,5);1H3,(H,3,4);1H2,(H,3,4);/q;;-1;+1. The largest absolute Gasteiger partial charge is 1.00 e. The van der Waals surface area contributed by atoms with Crippen molar-refractivity contribution in [2.24, 2.45) is 4.99 Å². The van der Waals surface area contributed by atoms with Crippen LogP contribution in [0.5, 0.6) is 0 Å². The molecule has 0 aromatic rings. The van der Waals surface area contributed by atoms with Crippen LogP contribution in [0.2, 0.25) is 0 Å². The van der Waals surface area contributed by atoms with E-state index in [1.54, 1.807) is 6.34 Å². The fourth-order valence-corrected chi connectivity index (χ4v) is 0.323. The van der Waals surface area contributed by atoms with E-state index in [1.807, 2.05) is 0 Å². The van der Waals surface area contributed by atoms with Crippen LogP contribution in [0.3, 0.4) is 0 Å². The van der Waals surface area contributed by atoms with E-state index in [1.165, 1.54) is 0 Å². The predicted molar refractivity (Wildman–Crippen MR) is 47.7 cm³/mol. The maximum Gasteiger partial charge on any atom is 1.00 e. The summed E-state index contributed by atoms with van der Waals surface area (Å²) in [6.07, 6.45) is 1.74. The molecule has 6 nitrogen and oxygen atoms in total. The summed E-state index contributed by atoms with van der Waals surface area (Å²) < 4.78 is 0. The van der Waals surface area contributed by atoms with E-state index in [2.05, 4.69) is 17.2 Å². The zero-order chi connectivity index (χ0) is 10.7. The Bertz CT molecular complexity index is 159. The van der Waals surface area contributed by atoms with Crippen molar-refractivity contribution in [1.82, 2.24) is 5.32 Å². The van der Waals surface area contributed by atoms with Crippen LogP contribution < -0.4 is 34.9 Å². The van der Waals surface area contributed by atoms with Gasteiger partial charge in [-0.05, 0) is 0 Å². The van der Waals surface area contributed by atoms with Gasteiger partial charge in [0.15, 0.2) is 5.97 Å². The molecule has 1 rings (SSSR count). The first-order valence-electron chi connectivity index (χ1n) is 3.43. The minimum absolute atomic E-state index is 0. The summed E-state index contributed by atoms with van der Waals surface area (Å²) in [5.74, 6) is -1.92. The van der Waals surface area contributed by atoms with Gasteiger partial charge in [0, 0.05) is 13.5 Å². The average molecular weight is 212 g/mol. The molecule has 1 aliphatic heterocycles. The number of carbonyl (C=O) groups is 2. The van der Waals surface area contributed by atoms with Crippen molar-refractivity contribution in [1.29, 1.82) is 0 Å². The van der Waals surface area contributed by atoms with Crippen LogP contribution in [0.1, 0.15) is 6.92 Å². The molecular formula is C7H13N2NaO4. The Morgan fingerprint density at radius 3 is 1.93 bits per heavy atom. The zero-order valence-electron chi connectivity index (χ0n) is 8.36. The first kappa shape index (κ1) is 18.9. The van der Waals surface area contributed by atoms with Crippen LogP contribution >= 0.6 is 0 Å². The van der Waals surface area contributed by atoms with Gasteiger partial charge in [-0.2, -0.15) is 0 Å². The molecule has 0 spiro atoms. The smallest absolute Gasteiger partial charge is 0.503 e. The molecule has 0 atom stereocenters. The Morgan fingerprint density at radius 2 is 1.86 bits per heavy atom. The van der Waals surface area contributed by atoms with Gasteiger partial charge in [0.05, 0.1) is 12.9 Å². The van der Waals surface area contributed by atoms with Crippen LogP contribution in [0.25, 0.3) is 0 Å². The Morgan fingerprint density at radius 1 is 1.50 bits per heavy atom. The van der Waals surface area contributed by atoms with Crippen molar-refractivity contribution >= 4 is 18.3 Å². The molecule has 7 heteroatoms. The topological polar surface area (TPSA) is 99.0 Å². The molecule has 0 radical (unpaired) electrons. The number of aliphatic carboxylic acids is 2. The monoisotopic (exact) mass is 212 g/mol. The van der Waals surface area contributed by atoms with E-state index in [0.717, 1.165) is 20.0 Å². The van der Waals surface area contributed by atoms with E-state index in [-0.39, 0.29) is 29.6 Å². The van der Waals surface area contributed by atoms with Gasteiger partial charge in [0.1, 0.15) is 0 Å². The molecule has 0 fully saturated rings. The molecule has 1 heterocycles. The van der Waals surface area contributed by atoms with Gasteiger partial charge >= 0.3 is 29.6 Å². The number of rotatable bonds is 0. The fraction of sp³-hybridized carbons (Fsp3) is 0.429. The molecular weight excluding hydrogens is 199 g/mol. The number of nitrogens with zero attached hydrogens (tertiary/aromatic N) is 1. The summed E-state index contributed by atoms with van der Waals surface area (Å²) in [5, 5.41) is 17.7. The summed E-state index contributed by atoms with van der Waals surface area (Å²) in [4.78, 5) is 21.7. The van der Waals surface area contributed by atoms with E-state index >= 15 is 0 Å². The van der Waals surface area contributed by atoms with Gasteiger partial charge in [-0.1, -0.05) is 0 Å². The van der Waals surface area contributed by atoms with Crippen LogP contribution in [0, 0.1) is 6.92 Å². The first-order chi connectivity index (χ1) is 5.96. The molecule has 0 bridgehead atoms. The predicted octanol–water partition coefficient (Wildman–Crippen LogP) is -3.38. The molecule has 1 aliphatic rings. The molecule has 0 aromatic carbocycles. The van der Waals surface area contributed by atoms with Crippen LogP contribution in [0.15, 0.2) is 4.99 Å². The number of hydrogen-bond donors (Lipinski definition) is 3. The van der Waals surface area contributed by atoms with Gasteiger partial charge in [-0.3, -0.25) is 21.5 Å². The maximum absolute atomic E-state index is 9.00. The van der Waals surface area contributed by atoms with Gasteiger partial charge < -0.3 is 15.5 Å². The maximum atomic E-state index is 9.00. The zero-order valence-corrected chi connectivity index (χ0v) is 10.4. The number of carboxylic acid groups (broad SMARTS) is 2. The normalized spacial score (nSPS) is 10.4. The van der Waals surface area contributed by atoms with Crippen LogP contribution in [-0.2, 0) is 9.59 Å². The molecule has 0 saturated heterocycles. The fourth-order valence-electron chi connectivity index (χ4n) is 0.323. The summed E-state index contributed by atoms with van der Waals surface area (Å²) in [6, 6.07) is 0. The summed E-state index contributed by atoms with van der Waals surface area (Å²) in [7, 11) is 0. The second kappa shape index (κ2) is 14.8. The van der Waals surface area contributed by atoms with E-state index in [0.29, 0.717) is 0 Å². The van der Waals surface area contributed by atoms with Gasteiger partial charge in [0.25, 0.3) is 5.97 Å². The quantitative estimate of drug-likeness (QED) is 0.287. The summed E-state index contributed by atoms with van der Waals surface area (Å²) >= 11 is 0. The van der Waals surface area contributed by atoms with Crippen molar-refractivity contribution in [3.8, 4) is 0 Å². The molecule has 0 unspecified atom stereocenters. The van der Waals surface area contributed by atoms with Crippen molar-refractivity contribution in [2.45, 2.75) is 6.92 Å². The Kier molecular flexibility index (Phi) is 20.0. The van der Waals surface area contributed by atoms with E-state index < -0.39 is 11.9 Å². The third-order valence-corrected chi connectivity index (χ3v) is 0.568. The van der Waals surface area contributed by atoms with Gasteiger partial charge in [-0.15, -0.1) is 0 Å². The van der Waals surface area contributed by atoms with Crippen molar-refractivity contribution in [3.63, 3.8) is 0 Å². The van der Waals surface area contributed by atoms with Crippen LogP contribution in [-0.4, -0.2) is 41.6 Å². The van der Waals surface area contributed by atoms with Crippen LogP contribution in [0.4, 0.5) is 0 Å². The number of hydrogen-bond acceptors (Lipinski definition) is 4. The molecule has 0 aliphatic carbocycles. The number of carboxylic acids is 2. The second-order valence-electron chi connectivity index (χ2n) is 1.90. The number of nitrogens with one attached hydrogen (secondary N) is 1. The summed E-state index contributed by atoms with van der Waals surface area (Å²) in [6.45, 7) is 5.62. The minimum atomic E-state index is -1.08. The molecule has 76 valence electrons. The van der Waals surface area contributed by atoms with Crippen molar-refractivity contribution in [2.75, 3.05) is 13.1 Å². The van der Waals surface area contributed by atoms with Gasteiger partial charge in [-0.25, -0.2) is 0 Å². The Labute approximate surface area is 105 Å². The van der Waals surface area contributed by atoms with Crippen molar-refractivity contribution < 1.29 is 49.4 Å². The van der Waals surface area contributed by atoms with Crippen molar-refractivity contribution in [3.05, 3.63) is 6.92 Å². The Balaban J connectivity index is -0.000000127. The third kappa shape index (κ3) is 65.1. The molecule has 0 aromatic heterocycles. The average Bonchev–Trinajstić information content (AvgIpc) is 2.35. The second-order valence-corrected chi connectivity index (χ2v) is 1.90. The SMILES string of the molecule is C1=NCCN1.CC(=O)O.[CH2-]C(=O)O.[Na+]. The summed E-state index contributed by atoms with van der Waals surface area (Å²) in [5.41, 5.74) is 0. The minimum Gasteiger partial charge on any atom is -0.503 e. The molecule has 3 N–H and O–H groups in total. The van der Waals surface area contributed by atoms with Gasteiger partial charge in [0.2, 0.25) is 0 Å². The van der Waals surface area contributed by atoms with E-state index in [4.69, 9.17) is 19.8 Å². The van der Waals surface area contributed by atoms with E-state index in [9.17, 15) is 0 Å². The Hall–Kier alpha value is -0.720. The molecule has 0 amide bonds. The first-order valence-corrected chi connectivity index (χ1v) is 3.43. The molecule has 0 saturated carbocycles.